The number of fused-ring (bicyclic) bond motifs is 1. The first-order valence-corrected chi connectivity index (χ1v) is 6.51. The summed E-state index contributed by atoms with van der Waals surface area (Å²) in [5, 5.41) is 10.0. The number of hydrogen-bond acceptors (Lipinski definition) is 2. The first kappa shape index (κ1) is 14.1. The zero-order valence-electron chi connectivity index (χ0n) is 11.7. The van der Waals surface area contributed by atoms with Crippen LogP contribution in [0.4, 0.5) is 0 Å². The summed E-state index contributed by atoms with van der Waals surface area (Å²) in [5.41, 5.74) is 1.17. The van der Waals surface area contributed by atoms with Crippen molar-refractivity contribution in [3.63, 3.8) is 0 Å². The van der Waals surface area contributed by atoms with Crippen molar-refractivity contribution in [3.8, 4) is 0 Å². The van der Waals surface area contributed by atoms with E-state index in [4.69, 9.17) is 5.11 Å². The second kappa shape index (κ2) is 5.77. The maximum Gasteiger partial charge on any atom is 0.335 e. The average molecular weight is 274 g/mol. The average Bonchev–Trinajstić information content (AvgIpc) is 2.81. The lowest BCUT2D eigenvalue weighted by Crippen LogP contribution is -2.21. The first-order chi connectivity index (χ1) is 9.49. The number of hydrogen-bond donors (Lipinski definition) is 1. The molecule has 1 heterocycles. The van der Waals surface area contributed by atoms with Crippen molar-refractivity contribution in [3.05, 3.63) is 36.0 Å². The Balaban J connectivity index is 2.12. The van der Waals surface area contributed by atoms with Crippen LogP contribution in [0.25, 0.3) is 10.9 Å². The topological polar surface area (TPSA) is 62.5 Å². The molecule has 0 aliphatic heterocycles. The molecule has 1 N–H and O–H groups in total. The molecular weight excluding hydrogens is 256 g/mol. The maximum atomic E-state index is 11.5. The quantitative estimate of drug-likeness (QED) is 0.909. The van der Waals surface area contributed by atoms with E-state index in [0.29, 0.717) is 13.0 Å². The molecule has 0 bridgehead atoms. The van der Waals surface area contributed by atoms with Gasteiger partial charge in [-0.15, -0.1) is 0 Å². The van der Waals surface area contributed by atoms with Gasteiger partial charge in [-0.25, -0.2) is 4.79 Å². The van der Waals surface area contributed by atoms with Crippen molar-refractivity contribution in [2.24, 2.45) is 0 Å². The number of carboxylic acids is 1. The minimum Gasteiger partial charge on any atom is -0.478 e. The standard InChI is InChI=1S/C15H18N2O3/c1-16(2)14(18)4-3-8-17-9-7-11-5-6-12(15(19)20)10-13(11)17/h5-7,9-10H,3-4,8H2,1-2H3,(H,19,20). The second-order valence-corrected chi connectivity index (χ2v) is 4.98. The van der Waals surface area contributed by atoms with Crippen LogP contribution in [0.3, 0.4) is 0 Å². The number of carbonyl (C=O) groups is 2. The van der Waals surface area contributed by atoms with Gasteiger partial charge in [0.05, 0.1) is 5.56 Å². The number of aryl methyl sites for hydroxylation is 1. The third kappa shape index (κ3) is 2.99. The van der Waals surface area contributed by atoms with Crippen LogP contribution in [0.5, 0.6) is 0 Å². The number of benzene rings is 1. The molecule has 1 aromatic heterocycles. The molecule has 0 radical (unpaired) electrons. The van der Waals surface area contributed by atoms with Gasteiger partial charge < -0.3 is 14.6 Å². The van der Waals surface area contributed by atoms with Crippen molar-refractivity contribution in [1.82, 2.24) is 9.47 Å². The van der Waals surface area contributed by atoms with E-state index < -0.39 is 5.97 Å². The van der Waals surface area contributed by atoms with Gasteiger partial charge in [0.25, 0.3) is 0 Å². The van der Waals surface area contributed by atoms with Crippen LogP contribution in [-0.4, -0.2) is 40.5 Å². The van der Waals surface area contributed by atoms with Crippen molar-refractivity contribution >= 4 is 22.8 Å². The Hall–Kier alpha value is -2.30. The van der Waals surface area contributed by atoms with Crippen LogP contribution in [0.2, 0.25) is 0 Å². The normalized spacial score (nSPS) is 10.7. The molecule has 0 saturated carbocycles. The van der Waals surface area contributed by atoms with Gasteiger partial charge in [-0.05, 0) is 30.0 Å². The van der Waals surface area contributed by atoms with E-state index in [1.165, 1.54) is 0 Å². The van der Waals surface area contributed by atoms with Gasteiger partial charge in [0.15, 0.2) is 0 Å². The zero-order chi connectivity index (χ0) is 14.7. The van der Waals surface area contributed by atoms with Crippen molar-refractivity contribution in [1.29, 1.82) is 0 Å². The third-order valence-corrected chi connectivity index (χ3v) is 3.31. The van der Waals surface area contributed by atoms with Gasteiger partial charge in [-0.3, -0.25) is 4.79 Å². The molecule has 0 fully saturated rings. The van der Waals surface area contributed by atoms with Crippen LogP contribution < -0.4 is 0 Å². The highest BCUT2D eigenvalue weighted by Gasteiger charge is 2.08. The third-order valence-electron chi connectivity index (χ3n) is 3.31. The van der Waals surface area contributed by atoms with Gasteiger partial charge >= 0.3 is 5.97 Å². The summed E-state index contributed by atoms with van der Waals surface area (Å²) in [6, 6.07) is 7.03. The zero-order valence-corrected chi connectivity index (χ0v) is 11.7. The van der Waals surface area contributed by atoms with Crippen LogP contribution in [0.1, 0.15) is 23.2 Å². The lowest BCUT2D eigenvalue weighted by Gasteiger charge is -2.10. The molecule has 5 nitrogen and oxygen atoms in total. The molecule has 2 rings (SSSR count). The predicted octanol–water partition coefficient (Wildman–Crippen LogP) is 2.21. The molecule has 1 amide bonds. The van der Waals surface area contributed by atoms with E-state index in [1.54, 1.807) is 37.2 Å². The lowest BCUT2D eigenvalue weighted by atomic mass is 10.1. The summed E-state index contributed by atoms with van der Waals surface area (Å²) >= 11 is 0. The SMILES string of the molecule is CN(C)C(=O)CCCn1ccc2ccc(C(=O)O)cc21. The molecule has 106 valence electrons. The molecule has 2 aromatic rings. The minimum absolute atomic E-state index is 0.104. The number of nitrogens with zero attached hydrogens (tertiary/aromatic N) is 2. The number of amides is 1. The molecule has 0 saturated heterocycles. The van der Waals surface area contributed by atoms with Gasteiger partial charge in [-0.2, -0.15) is 0 Å². The second-order valence-electron chi connectivity index (χ2n) is 4.98. The van der Waals surface area contributed by atoms with E-state index in [1.807, 2.05) is 16.8 Å². The number of carbonyl (C=O) groups excluding carboxylic acids is 1. The summed E-state index contributed by atoms with van der Waals surface area (Å²) in [6.07, 6.45) is 3.15. The minimum atomic E-state index is -0.928. The number of aromatic nitrogens is 1. The van der Waals surface area contributed by atoms with E-state index in [0.717, 1.165) is 17.3 Å². The summed E-state index contributed by atoms with van der Waals surface area (Å²) < 4.78 is 1.99. The Labute approximate surface area is 117 Å². The molecular formula is C15H18N2O3. The molecule has 5 heteroatoms. The van der Waals surface area contributed by atoms with Crippen LogP contribution in [0.15, 0.2) is 30.5 Å². The first-order valence-electron chi connectivity index (χ1n) is 6.51. The lowest BCUT2D eigenvalue weighted by molar-refractivity contribution is -0.128. The Morgan fingerprint density at radius 2 is 2.00 bits per heavy atom. The van der Waals surface area contributed by atoms with E-state index in [9.17, 15) is 9.59 Å². The van der Waals surface area contributed by atoms with E-state index in [2.05, 4.69) is 0 Å². The molecule has 0 aliphatic rings. The fourth-order valence-corrected chi connectivity index (χ4v) is 2.14. The number of aromatic carboxylic acids is 1. The smallest absolute Gasteiger partial charge is 0.335 e. The van der Waals surface area contributed by atoms with Gasteiger partial charge in [-0.1, -0.05) is 6.07 Å². The van der Waals surface area contributed by atoms with Crippen LogP contribution >= 0.6 is 0 Å². The number of carboxylic acid groups (broad SMARTS) is 1. The fourth-order valence-electron chi connectivity index (χ4n) is 2.14. The highest BCUT2D eigenvalue weighted by Crippen LogP contribution is 2.18. The van der Waals surface area contributed by atoms with Gasteiger partial charge in [0, 0.05) is 38.8 Å². The summed E-state index contributed by atoms with van der Waals surface area (Å²) in [5.74, 6) is -0.824. The van der Waals surface area contributed by atoms with Crippen LogP contribution in [0, 0.1) is 0 Å². The molecule has 0 spiro atoms. The van der Waals surface area contributed by atoms with Crippen molar-refractivity contribution in [2.45, 2.75) is 19.4 Å². The predicted molar refractivity (Wildman–Crippen MR) is 76.8 cm³/mol. The van der Waals surface area contributed by atoms with Gasteiger partial charge in [0.2, 0.25) is 5.91 Å². The Kier molecular flexibility index (Phi) is 4.08. The van der Waals surface area contributed by atoms with Gasteiger partial charge in [0.1, 0.15) is 0 Å². The molecule has 1 aromatic carbocycles. The largest absolute Gasteiger partial charge is 0.478 e. The van der Waals surface area contributed by atoms with Crippen molar-refractivity contribution in [2.75, 3.05) is 14.1 Å². The van der Waals surface area contributed by atoms with Crippen molar-refractivity contribution < 1.29 is 14.7 Å². The summed E-state index contributed by atoms with van der Waals surface area (Å²) in [6.45, 7) is 0.701. The fraction of sp³-hybridized carbons (Fsp3) is 0.333. The highest BCUT2D eigenvalue weighted by atomic mass is 16.4. The van der Waals surface area contributed by atoms with E-state index >= 15 is 0 Å². The highest BCUT2D eigenvalue weighted by molar-refractivity contribution is 5.93. The Morgan fingerprint density at radius 1 is 1.25 bits per heavy atom. The molecule has 0 atom stereocenters. The molecule has 20 heavy (non-hydrogen) atoms. The van der Waals surface area contributed by atoms with Crippen LogP contribution in [-0.2, 0) is 11.3 Å². The maximum absolute atomic E-state index is 11.5. The Bertz CT molecular complexity index is 644. The summed E-state index contributed by atoms with van der Waals surface area (Å²) in [4.78, 5) is 24.1. The number of rotatable bonds is 5. The Morgan fingerprint density at radius 3 is 2.65 bits per heavy atom. The van der Waals surface area contributed by atoms with E-state index in [-0.39, 0.29) is 11.5 Å². The molecule has 0 aliphatic carbocycles. The summed E-state index contributed by atoms with van der Waals surface area (Å²) in [7, 11) is 3.49. The monoisotopic (exact) mass is 274 g/mol. The molecule has 0 unspecified atom stereocenters.